The maximum Gasteiger partial charge on any atom is 0.144 e. The van der Waals surface area contributed by atoms with Crippen LogP contribution in [0.3, 0.4) is 0 Å². The predicted molar refractivity (Wildman–Crippen MR) is 72.1 cm³/mol. The Morgan fingerprint density at radius 2 is 1.69 bits per heavy atom. The summed E-state index contributed by atoms with van der Waals surface area (Å²) in [6.45, 7) is 14.7. The van der Waals surface area contributed by atoms with Crippen LogP contribution in [0, 0.1) is 17.3 Å². The van der Waals surface area contributed by atoms with Gasteiger partial charge in [-0.15, -0.1) is 0 Å². The van der Waals surface area contributed by atoms with Gasteiger partial charge in [0.15, 0.2) is 0 Å². The van der Waals surface area contributed by atoms with Crippen LogP contribution >= 0.6 is 0 Å². The van der Waals surface area contributed by atoms with Crippen molar-refractivity contribution in [3.63, 3.8) is 0 Å². The standard InChI is InChI=1S/C13H25NOS/c1-9(14-16(15)13(5,6)7)10-8-11(10)12(2,3)4/h10-11H,8H2,1-7H3/t10-,11+,16-/m1/s1. The molecule has 1 aliphatic carbocycles. The van der Waals surface area contributed by atoms with Gasteiger partial charge in [0.25, 0.3) is 0 Å². The third kappa shape index (κ3) is 3.41. The fourth-order valence-corrected chi connectivity index (χ4v) is 2.62. The Morgan fingerprint density at radius 1 is 1.19 bits per heavy atom. The lowest BCUT2D eigenvalue weighted by Gasteiger charge is -2.18. The fourth-order valence-electron chi connectivity index (χ4n) is 1.95. The first-order chi connectivity index (χ1) is 7.03. The molecule has 0 aromatic carbocycles. The van der Waals surface area contributed by atoms with Crippen molar-refractivity contribution in [3.8, 4) is 0 Å². The van der Waals surface area contributed by atoms with E-state index in [0.29, 0.717) is 17.3 Å². The molecule has 1 saturated carbocycles. The molecule has 0 aliphatic heterocycles. The van der Waals surface area contributed by atoms with Gasteiger partial charge in [0.1, 0.15) is 11.0 Å². The molecule has 16 heavy (non-hydrogen) atoms. The Morgan fingerprint density at radius 3 is 2.00 bits per heavy atom. The zero-order chi connectivity index (χ0) is 12.7. The quantitative estimate of drug-likeness (QED) is 0.681. The second-order valence-corrected chi connectivity index (χ2v) is 8.81. The van der Waals surface area contributed by atoms with Crippen LogP contribution < -0.4 is 0 Å². The smallest absolute Gasteiger partial charge is 0.144 e. The molecule has 0 spiro atoms. The Balaban J connectivity index is 2.65. The molecule has 3 atom stereocenters. The largest absolute Gasteiger partial charge is 0.234 e. The summed E-state index contributed by atoms with van der Waals surface area (Å²) in [4.78, 5) is 0. The zero-order valence-electron chi connectivity index (χ0n) is 11.6. The monoisotopic (exact) mass is 243 g/mol. The summed E-state index contributed by atoms with van der Waals surface area (Å²) in [6, 6.07) is 0. The second kappa shape index (κ2) is 4.25. The molecule has 1 fully saturated rings. The van der Waals surface area contributed by atoms with Gasteiger partial charge >= 0.3 is 0 Å². The zero-order valence-corrected chi connectivity index (χ0v) is 12.4. The number of nitrogens with zero attached hydrogens (tertiary/aromatic N) is 1. The SMILES string of the molecule is CC(=N[S@](=O)C(C)(C)C)[C@H]1C[C@@H]1C(C)(C)C. The first-order valence-electron chi connectivity index (χ1n) is 6.00. The second-order valence-electron chi connectivity index (χ2n) is 6.91. The van der Waals surface area contributed by atoms with E-state index in [-0.39, 0.29) is 4.75 Å². The lowest BCUT2D eigenvalue weighted by atomic mass is 9.88. The minimum Gasteiger partial charge on any atom is -0.234 e. The van der Waals surface area contributed by atoms with E-state index in [0.717, 1.165) is 5.71 Å². The third-order valence-corrected chi connectivity index (χ3v) is 4.69. The predicted octanol–water partition coefficient (Wildman–Crippen LogP) is 3.59. The molecule has 94 valence electrons. The van der Waals surface area contributed by atoms with Gasteiger partial charge in [0, 0.05) is 11.6 Å². The highest BCUT2D eigenvalue weighted by molar-refractivity contribution is 7.85. The Hall–Kier alpha value is -0.180. The van der Waals surface area contributed by atoms with Crippen molar-refractivity contribution in [3.05, 3.63) is 0 Å². The van der Waals surface area contributed by atoms with Gasteiger partial charge in [0.2, 0.25) is 0 Å². The van der Waals surface area contributed by atoms with Crippen molar-refractivity contribution in [2.24, 2.45) is 21.6 Å². The first-order valence-corrected chi connectivity index (χ1v) is 7.11. The first kappa shape index (κ1) is 13.9. The summed E-state index contributed by atoms with van der Waals surface area (Å²) in [5.74, 6) is 1.28. The highest BCUT2D eigenvalue weighted by atomic mass is 32.2. The molecule has 0 bridgehead atoms. The molecular weight excluding hydrogens is 218 g/mol. The maximum absolute atomic E-state index is 11.9. The van der Waals surface area contributed by atoms with Gasteiger partial charge in [-0.3, -0.25) is 0 Å². The normalized spacial score (nSPS) is 29.1. The molecule has 0 radical (unpaired) electrons. The third-order valence-electron chi connectivity index (χ3n) is 3.19. The summed E-state index contributed by atoms with van der Waals surface area (Å²) in [7, 11) is -1.10. The minimum atomic E-state index is -1.10. The van der Waals surface area contributed by atoms with Gasteiger partial charge < -0.3 is 0 Å². The molecule has 1 aliphatic rings. The highest BCUT2D eigenvalue weighted by Gasteiger charge is 2.46. The summed E-state index contributed by atoms with van der Waals surface area (Å²) in [5, 5.41) is 0. The Kier molecular flexibility index (Phi) is 3.68. The van der Waals surface area contributed by atoms with Crippen molar-refractivity contribution in [1.29, 1.82) is 0 Å². The van der Waals surface area contributed by atoms with Gasteiger partial charge in [0.05, 0.1) is 4.75 Å². The van der Waals surface area contributed by atoms with E-state index in [2.05, 4.69) is 25.2 Å². The van der Waals surface area contributed by atoms with Gasteiger partial charge in [-0.1, -0.05) is 20.8 Å². The molecular formula is C13H25NOS. The molecule has 0 aromatic rings. The van der Waals surface area contributed by atoms with Crippen LogP contribution in [0.4, 0.5) is 0 Å². The highest BCUT2D eigenvalue weighted by Crippen LogP contribution is 2.51. The minimum absolute atomic E-state index is 0.243. The molecule has 0 N–H and O–H groups in total. The van der Waals surface area contributed by atoms with Crippen LogP contribution in [0.2, 0.25) is 0 Å². The molecule has 0 unspecified atom stereocenters. The summed E-state index contributed by atoms with van der Waals surface area (Å²) in [5.41, 5.74) is 1.43. The summed E-state index contributed by atoms with van der Waals surface area (Å²) in [6.07, 6.45) is 1.21. The van der Waals surface area contributed by atoms with E-state index >= 15 is 0 Å². The van der Waals surface area contributed by atoms with Crippen LogP contribution in [0.25, 0.3) is 0 Å². The lowest BCUT2D eigenvalue weighted by Crippen LogP contribution is -2.21. The van der Waals surface area contributed by atoms with Crippen molar-refractivity contribution >= 4 is 16.7 Å². The van der Waals surface area contributed by atoms with Crippen molar-refractivity contribution in [2.75, 3.05) is 0 Å². The lowest BCUT2D eigenvalue weighted by molar-refractivity contribution is 0.342. The molecule has 2 nitrogen and oxygen atoms in total. The molecule has 0 heterocycles. The van der Waals surface area contributed by atoms with E-state index in [9.17, 15) is 4.21 Å². The van der Waals surface area contributed by atoms with E-state index in [1.54, 1.807) is 0 Å². The van der Waals surface area contributed by atoms with Gasteiger partial charge in [-0.2, -0.15) is 4.40 Å². The number of hydrogen-bond donors (Lipinski definition) is 0. The average Bonchev–Trinajstić information content (AvgIpc) is 2.78. The van der Waals surface area contributed by atoms with Crippen LogP contribution in [0.1, 0.15) is 54.9 Å². The molecule has 3 heteroatoms. The molecule has 0 amide bonds. The van der Waals surface area contributed by atoms with E-state index in [4.69, 9.17) is 0 Å². The van der Waals surface area contributed by atoms with Crippen molar-refractivity contribution in [1.82, 2.24) is 0 Å². The molecule has 1 rings (SSSR count). The van der Waals surface area contributed by atoms with Crippen LogP contribution in [-0.4, -0.2) is 14.7 Å². The summed E-state index contributed by atoms with van der Waals surface area (Å²) < 4.78 is 16.0. The Labute approximate surface area is 103 Å². The van der Waals surface area contributed by atoms with E-state index in [1.165, 1.54) is 6.42 Å². The Bertz CT molecular complexity index is 320. The number of rotatable bonds is 2. The van der Waals surface area contributed by atoms with E-state index < -0.39 is 11.0 Å². The van der Waals surface area contributed by atoms with Crippen LogP contribution in [0.5, 0.6) is 0 Å². The van der Waals surface area contributed by atoms with Gasteiger partial charge in [-0.05, 0) is 45.4 Å². The number of hydrogen-bond acceptors (Lipinski definition) is 1. The van der Waals surface area contributed by atoms with Crippen molar-refractivity contribution in [2.45, 2.75) is 59.6 Å². The van der Waals surface area contributed by atoms with Crippen molar-refractivity contribution < 1.29 is 4.21 Å². The average molecular weight is 243 g/mol. The topological polar surface area (TPSA) is 29.4 Å². The van der Waals surface area contributed by atoms with Crippen LogP contribution in [0.15, 0.2) is 4.40 Å². The fraction of sp³-hybridized carbons (Fsp3) is 0.923. The van der Waals surface area contributed by atoms with Gasteiger partial charge in [-0.25, -0.2) is 4.21 Å². The molecule has 0 aromatic heterocycles. The van der Waals surface area contributed by atoms with E-state index in [1.807, 2.05) is 27.7 Å². The maximum atomic E-state index is 11.9. The van der Waals surface area contributed by atoms with Crippen LogP contribution in [-0.2, 0) is 11.0 Å². The summed E-state index contributed by atoms with van der Waals surface area (Å²) >= 11 is 0. The molecule has 0 saturated heterocycles.